The third kappa shape index (κ3) is 2.64. The van der Waals surface area contributed by atoms with Gasteiger partial charge in [-0.1, -0.05) is 5.16 Å². The summed E-state index contributed by atoms with van der Waals surface area (Å²) in [5.41, 5.74) is 0.672. The number of nitrogens with one attached hydrogen (secondary N) is 1. The van der Waals surface area contributed by atoms with Gasteiger partial charge >= 0.3 is 0 Å². The predicted molar refractivity (Wildman–Crippen MR) is 59.4 cm³/mol. The molecule has 1 aliphatic heterocycles. The summed E-state index contributed by atoms with van der Waals surface area (Å²) in [5, 5.41) is 6.49. The van der Waals surface area contributed by atoms with Crippen LogP contribution in [0.2, 0.25) is 0 Å². The molecule has 92 valence electrons. The third-order valence-electron chi connectivity index (χ3n) is 2.81. The van der Waals surface area contributed by atoms with Crippen molar-refractivity contribution in [1.29, 1.82) is 0 Å². The number of amides is 2. The molecule has 0 aromatic carbocycles. The molecule has 6 heteroatoms. The average Bonchev–Trinajstić information content (AvgIpc) is 2.70. The van der Waals surface area contributed by atoms with Crippen LogP contribution in [0.15, 0.2) is 10.6 Å². The molecule has 1 saturated heterocycles. The van der Waals surface area contributed by atoms with Crippen molar-refractivity contribution in [1.82, 2.24) is 15.4 Å². The minimum Gasteiger partial charge on any atom is -0.351 e. The highest BCUT2D eigenvalue weighted by Crippen LogP contribution is 2.11. The van der Waals surface area contributed by atoms with E-state index in [2.05, 4.69) is 10.5 Å². The Morgan fingerprint density at radius 1 is 1.65 bits per heavy atom. The summed E-state index contributed by atoms with van der Waals surface area (Å²) in [4.78, 5) is 24.7. The molecular weight excluding hydrogens is 222 g/mol. The van der Waals surface area contributed by atoms with Crippen LogP contribution in [0.25, 0.3) is 0 Å². The first-order valence-electron chi connectivity index (χ1n) is 5.54. The minimum atomic E-state index is -0.279. The Bertz CT molecular complexity index is 441. The maximum atomic E-state index is 11.8. The van der Waals surface area contributed by atoms with Crippen molar-refractivity contribution in [3.8, 4) is 0 Å². The number of carbonyl (C=O) groups is 2. The quantitative estimate of drug-likeness (QED) is 0.804. The van der Waals surface area contributed by atoms with Crippen molar-refractivity contribution in [2.45, 2.75) is 25.8 Å². The van der Waals surface area contributed by atoms with Crippen LogP contribution in [0.4, 0.5) is 0 Å². The van der Waals surface area contributed by atoms with Crippen LogP contribution >= 0.6 is 0 Å². The SMILES string of the molecule is Cc1cc(C(=O)NC2CCC(=O)N(C)C2)on1. The average molecular weight is 237 g/mol. The topological polar surface area (TPSA) is 75.4 Å². The van der Waals surface area contributed by atoms with E-state index in [0.717, 1.165) is 0 Å². The number of piperidine rings is 1. The van der Waals surface area contributed by atoms with E-state index in [-0.39, 0.29) is 23.6 Å². The minimum absolute atomic E-state index is 0.0180. The second kappa shape index (κ2) is 4.57. The standard InChI is InChI=1S/C11H15N3O3/c1-7-5-9(17-13-7)11(16)12-8-3-4-10(15)14(2)6-8/h5,8H,3-4,6H2,1-2H3,(H,12,16). The zero-order valence-electron chi connectivity index (χ0n) is 9.90. The first kappa shape index (κ1) is 11.6. The van der Waals surface area contributed by atoms with Gasteiger partial charge in [0.15, 0.2) is 0 Å². The number of aromatic nitrogens is 1. The molecule has 2 rings (SSSR count). The predicted octanol–water partition coefficient (Wildman–Crippen LogP) is 0.334. The van der Waals surface area contributed by atoms with E-state index in [4.69, 9.17) is 4.52 Å². The number of likely N-dealkylation sites (N-methyl/N-ethyl adjacent to an activating group) is 1. The first-order valence-corrected chi connectivity index (χ1v) is 5.54. The lowest BCUT2D eigenvalue weighted by atomic mass is 10.1. The van der Waals surface area contributed by atoms with E-state index < -0.39 is 0 Å². The lowest BCUT2D eigenvalue weighted by molar-refractivity contribution is -0.132. The van der Waals surface area contributed by atoms with Crippen LogP contribution in [0.1, 0.15) is 29.1 Å². The summed E-state index contributed by atoms with van der Waals surface area (Å²) < 4.78 is 4.87. The van der Waals surface area contributed by atoms with Gasteiger partial charge in [-0.3, -0.25) is 9.59 Å². The Morgan fingerprint density at radius 3 is 3.00 bits per heavy atom. The van der Waals surface area contributed by atoms with E-state index in [0.29, 0.717) is 25.1 Å². The molecule has 2 heterocycles. The summed E-state index contributed by atoms with van der Waals surface area (Å²) in [6.45, 7) is 2.30. The molecule has 17 heavy (non-hydrogen) atoms. The Labute approximate surface area is 98.9 Å². The van der Waals surface area contributed by atoms with Crippen LogP contribution in [0, 0.1) is 6.92 Å². The summed E-state index contributed by atoms with van der Waals surface area (Å²) >= 11 is 0. The molecule has 0 radical (unpaired) electrons. The maximum absolute atomic E-state index is 11.8. The molecule has 0 saturated carbocycles. The highest BCUT2D eigenvalue weighted by molar-refractivity contribution is 5.91. The van der Waals surface area contributed by atoms with Crippen molar-refractivity contribution >= 4 is 11.8 Å². The van der Waals surface area contributed by atoms with Gasteiger partial charge in [-0.15, -0.1) is 0 Å². The van der Waals surface area contributed by atoms with Crippen LogP contribution in [0.5, 0.6) is 0 Å². The Hall–Kier alpha value is -1.85. The van der Waals surface area contributed by atoms with Crippen molar-refractivity contribution in [3.05, 3.63) is 17.5 Å². The van der Waals surface area contributed by atoms with Crippen molar-refractivity contribution in [2.75, 3.05) is 13.6 Å². The monoisotopic (exact) mass is 237 g/mol. The molecule has 0 aliphatic carbocycles. The molecule has 0 spiro atoms. The molecule has 0 bridgehead atoms. The summed E-state index contributed by atoms with van der Waals surface area (Å²) in [6, 6.07) is 1.57. The lowest BCUT2D eigenvalue weighted by Crippen LogP contribution is -2.48. The fraction of sp³-hybridized carbons (Fsp3) is 0.545. The van der Waals surface area contributed by atoms with Crippen LogP contribution < -0.4 is 5.32 Å². The Morgan fingerprint density at radius 2 is 2.41 bits per heavy atom. The van der Waals surface area contributed by atoms with Gasteiger partial charge in [-0.05, 0) is 13.3 Å². The molecule has 1 aliphatic rings. The maximum Gasteiger partial charge on any atom is 0.290 e. The number of rotatable bonds is 2. The fourth-order valence-electron chi connectivity index (χ4n) is 1.86. The van der Waals surface area contributed by atoms with Gasteiger partial charge in [0.1, 0.15) is 0 Å². The number of nitrogens with zero attached hydrogens (tertiary/aromatic N) is 2. The highest BCUT2D eigenvalue weighted by Gasteiger charge is 2.25. The Balaban J connectivity index is 1.93. The van der Waals surface area contributed by atoms with E-state index >= 15 is 0 Å². The second-order valence-corrected chi connectivity index (χ2v) is 4.32. The third-order valence-corrected chi connectivity index (χ3v) is 2.81. The zero-order chi connectivity index (χ0) is 12.4. The van der Waals surface area contributed by atoms with Gasteiger partial charge in [0.2, 0.25) is 11.7 Å². The summed E-state index contributed by atoms with van der Waals surface area (Å²) in [6.07, 6.45) is 1.14. The van der Waals surface area contributed by atoms with Crippen molar-refractivity contribution in [2.24, 2.45) is 0 Å². The van der Waals surface area contributed by atoms with E-state index in [1.54, 1.807) is 24.9 Å². The van der Waals surface area contributed by atoms with Crippen LogP contribution in [0.3, 0.4) is 0 Å². The normalized spacial score (nSPS) is 20.5. The second-order valence-electron chi connectivity index (χ2n) is 4.32. The zero-order valence-corrected chi connectivity index (χ0v) is 9.90. The summed E-state index contributed by atoms with van der Waals surface area (Å²) in [5.74, 6) is 0.0476. The van der Waals surface area contributed by atoms with Gasteiger partial charge in [-0.25, -0.2) is 0 Å². The molecule has 1 aromatic rings. The van der Waals surface area contributed by atoms with Gasteiger partial charge < -0.3 is 14.7 Å². The van der Waals surface area contributed by atoms with Gasteiger partial charge in [0.05, 0.1) is 5.69 Å². The van der Waals surface area contributed by atoms with Crippen LogP contribution in [-0.4, -0.2) is 41.5 Å². The molecule has 1 unspecified atom stereocenters. The highest BCUT2D eigenvalue weighted by atomic mass is 16.5. The van der Waals surface area contributed by atoms with Gasteiger partial charge in [-0.2, -0.15) is 0 Å². The molecule has 2 amide bonds. The molecule has 1 fully saturated rings. The van der Waals surface area contributed by atoms with E-state index in [1.165, 1.54) is 0 Å². The number of hydrogen-bond donors (Lipinski definition) is 1. The Kier molecular flexibility index (Phi) is 3.12. The molecule has 1 N–H and O–H groups in total. The number of hydrogen-bond acceptors (Lipinski definition) is 4. The van der Waals surface area contributed by atoms with Crippen LogP contribution in [-0.2, 0) is 4.79 Å². The van der Waals surface area contributed by atoms with E-state index in [9.17, 15) is 9.59 Å². The van der Waals surface area contributed by atoms with Crippen molar-refractivity contribution < 1.29 is 14.1 Å². The summed E-state index contributed by atoms with van der Waals surface area (Å²) in [7, 11) is 1.74. The molecule has 1 atom stereocenters. The molecule has 6 nitrogen and oxygen atoms in total. The largest absolute Gasteiger partial charge is 0.351 e. The van der Waals surface area contributed by atoms with E-state index in [1.807, 2.05) is 0 Å². The number of likely N-dealkylation sites (tertiary alicyclic amines) is 1. The van der Waals surface area contributed by atoms with Gasteiger partial charge in [0, 0.05) is 32.1 Å². The van der Waals surface area contributed by atoms with Crippen molar-refractivity contribution in [3.63, 3.8) is 0 Å². The fourth-order valence-corrected chi connectivity index (χ4v) is 1.86. The molecule has 1 aromatic heterocycles. The lowest BCUT2D eigenvalue weighted by Gasteiger charge is -2.29. The number of carbonyl (C=O) groups excluding carboxylic acids is 2. The molecular formula is C11H15N3O3. The first-order chi connectivity index (χ1) is 8.06. The number of aryl methyl sites for hydroxylation is 1. The smallest absolute Gasteiger partial charge is 0.290 e. The van der Waals surface area contributed by atoms with Gasteiger partial charge in [0.25, 0.3) is 5.91 Å².